The second kappa shape index (κ2) is 5.72. The lowest BCUT2D eigenvalue weighted by Crippen LogP contribution is -2.26. The molecule has 0 saturated carbocycles. The van der Waals surface area contributed by atoms with Crippen molar-refractivity contribution < 1.29 is 22.7 Å². The highest BCUT2D eigenvalue weighted by molar-refractivity contribution is 6.33. The molecule has 2 aromatic rings. The third kappa shape index (κ3) is 3.52. The van der Waals surface area contributed by atoms with Gasteiger partial charge in [0.05, 0.1) is 16.8 Å². The van der Waals surface area contributed by atoms with Gasteiger partial charge in [0.25, 0.3) is 0 Å². The van der Waals surface area contributed by atoms with Gasteiger partial charge in [-0.25, -0.2) is 4.79 Å². The fourth-order valence-electron chi connectivity index (χ4n) is 1.61. The van der Waals surface area contributed by atoms with Crippen molar-refractivity contribution in [3.63, 3.8) is 0 Å². The number of ether oxygens (including phenoxy) is 1. The molecule has 0 radical (unpaired) electrons. The first kappa shape index (κ1) is 15.3. The number of esters is 1. The average Bonchev–Trinajstić information content (AvgIpc) is 2.81. The summed E-state index contributed by atoms with van der Waals surface area (Å²) in [5.74, 6) is -1.19. The number of halogens is 4. The lowest BCUT2D eigenvalue weighted by Gasteiger charge is -2.19. The third-order valence-electron chi connectivity index (χ3n) is 2.54. The molecule has 0 saturated heterocycles. The Kier molecular flexibility index (Phi) is 4.17. The van der Waals surface area contributed by atoms with E-state index in [9.17, 15) is 18.0 Å². The van der Waals surface area contributed by atoms with Gasteiger partial charge in [-0.3, -0.25) is 9.67 Å². The van der Waals surface area contributed by atoms with Gasteiger partial charge in [-0.1, -0.05) is 11.6 Å². The summed E-state index contributed by atoms with van der Waals surface area (Å²) in [5.41, 5.74) is -0.465. The predicted molar refractivity (Wildman–Crippen MR) is 66.7 cm³/mol. The molecule has 1 atom stereocenters. The molecule has 0 aliphatic carbocycles. The van der Waals surface area contributed by atoms with Crippen LogP contribution in [0.25, 0.3) is 0 Å². The molecule has 9 heteroatoms. The summed E-state index contributed by atoms with van der Waals surface area (Å²) in [4.78, 5) is 15.5. The summed E-state index contributed by atoms with van der Waals surface area (Å²) in [6.45, 7) is 0. The summed E-state index contributed by atoms with van der Waals surface area (Å²) in [6.07, 6.45) is -2.69. The van der Waals surface area contributed by atoms with Gasteiger partial charge in [-0.05, 0) is 6.07 Å². The maximum absolute atomic E-state index is 13.0. The Morgan fingerprint density at radius 2 is 2.14 bits per heavy atom. The highest BCUT2D eigenvalue weighted by Gasteiger charge is 2.45. The van der Waals surface area contributed by atoms with Crippen molar-refractivity contribution in [1.29, 1.82) is 0 Å². The highest BCUT2D eigenvalue weighted by atomic mass is 35.5. The molecule has 112 valence electrons. The normalized spacial score (nSPS) is 13.0. The van der Waals surface area contributed by atoms with Crippen molar-refractivity contribution in [3.8, 4) is 0 Å². The molecule has 5 nitrogen and oxygen atoms in total. The number of nitrogens with zero attached hydrogens (tertiary/aromatic N) is 3. The molecule has 0 unspecified atom stereocenters. The van der Waals surface area contributed by atoms with Crippen LogP contribution in [0.3, 0.4) is 0 Å². The minimum absolute atomic E-state index is 0.0883. The lowest BCUT2D eigenvalue weighted by molar-refractivity contribution is -0.207. The topological polar surface area (TPSA) is 57.0 Å². The van der Waals surface area contributed by atoms with Gasteiger partial charge in [-0.15, -0.1) is 0 Å². The Labute approximate surface area is 122 Å². The number of hydrogen-bond acceptors (Lipinski definition) is 4. The predicted octanol–water partition coefficient (Wildman–Crippen LogP) is 2.93. The molecular weight excluding hydrogens is 311 g/mol. The number of carbonyl (C=O) groups is 1. The zero-order valence-corrected chi connectivity index (χ0v) is 11.4. The summed E-state index contributed by atoms with van der Waals surface area (Å²) in [6, 6.07) is 1.18. The van der Waals surface area contributed by atoms with Crippen LogP contribution in [0.15, 0.2) is 30.9 Å². The number of hydrogen-bond donors (Lipinski definition) is 0. The van der Waals surface area contributed by atoms with Gasteiger partial charge in [0.1, 0.15) is 0 Å². The second-order valence-electron chi connectivity index (χ2n) is 4.13. The first-order chi connectivity index (χ1) is 9.79. The maximum Gasteiger partial charge on any atom is 0.429 e. The third-order valence-corrected chi connectivity index (χ3v) is 2.84. The molecule has 0 spiro atoms. The summed E-state index contributed by atoms with van der Waals surface area (Å²) in [5, 5.41) is 3.55. The van der Waals surface area contributed by atoms with E-state index in [0.717, 1.165) is 18.6 Å². The van der Waals surface area contributed by atoms with E-state index >= 15 is 0 Å². The maximum atomic E-state index is 13.0. The van der Waals surface area contributed by atoms with Crippen molar-refractivity contribution in [2.75, 3.05) is 0 Å². The van der Waals surface area contributed by atoms with Crippen LogP contribution in [0.1, 0.15) is 22.0 Å². The molecule has 0 N–H and O–H groups in total. The monoisotopic (exact) mass is 319 g/mol. The van der Waals surface area contributed by atoms with Crippen molar-refractivity contribution >= 4 is 17.6 Å². The zero-order chi connectivity index (χ0) is 15.6. The summed E-state index contributed by atoms with van der Waals surface area (Å²) < 4.78 is 44.8. The SMILES string of the molecule is Cn1cc([C@@H](OC(=O)c2ccncc2Cl)C(F)(F)F)cn1. The van der Waals surface area contributed by atoms with E-state index in [1.807, 2.05) is 0 Å². The largest absolute Gasteiger partial charge is 0.444 e. The molecule has 0 fully saturated rings. The first-order valence-corrected chi connectivity index (χ1v) is 6.02. The van der Waals surface area contributed by atoms with Crippen LogP contribution < -0.4 is 0 Å². The summed E-state index contributed by atoms with van der Waals surface area (Å²) >= 11 is 5.71. The molecule has 0 amide bonds. The Hall–Kier alpha value is -2.09. The first-order valence-electron chi connectivity index (χ1n) is 5.65. The van der Waals surface area contributed by atoms with Crippen molar-refractivity contribution in [2.45, 2.75) is 12.3 Å². The van der Waals surface area contributed by atoms with E-state index < -0.39 is 18.2 Å². The van der Waals surface area contributed by atoms with Gasteiger partial charge in [0.15, 0.2) is 0 Å². The Morgan fingerprint density at radius 1 is 1.43 bits per heavy atom. The van der Waals surface area contributed by atoms with Crippen LogP contribution in [0.2, 0.25) is 5.02 Å². The number of carbonyl (C=O) groups excluding carboxylic acids is 1. The molecule has 21 heavy (non-hydrogen) atoms. The van der Waals surface area contributed by atoms with E-state index in [2.05, 4.69) is 14.8 Å². The Morgan fingerprint density at radius 3 is 2.67 bits per heavy atom. The highest BCUT2D eigenvalue weighted by Crippen LogP contribution is 2.36. The smallest absolute Gasteiger partial charge is 0.429 e. The molecular formula is C12H9ClF3N3O2. The number of aryl methyl sites for hydroxylation is 1. The zero-order valence-electron chi connectivity index (χ0n) is 10.6. The Bertz CT molecular complexity index is 657. The van der Waals surface area contributed by atoms with Crippen LogP contribution in [0.4, 0.5) is 13.2 Å². The fourth-order valence-corrected chi connectivity index (χ4v) is 1.81. The van der Waals surface area contributed by atoms with Crippen LogP contribution in [-0.2, 0) is 11.8 Å². The quantitative estimate of drug-likeness (QED) is 0.816. The number of alkyl halides is 3. The van der Waals surface area contributed by atoms with Gasteiger partial charge >= 0.3 is 12.1 Å². The fraction of sp³-hybridized carbons (Fsp3) is 0.250. The summed E-state index contributed by atoms with van der Waals surface area (Å²) in [7, 11) is 1.46. The van der Waals surface area contributed by atoms with E-state index in [4.69, 9.17) is 11.6 Å². The number of rotatable bonds is 3. The average molecular weight is 320 g/mol. The molecule has 2 rings (SSSR count). The Balaban J connectivity index is 2.28. The van der Waals surface area contributed by atoms with Gasteiger partial charge in [0, 0.05) is 31.2 Å². The minimum Gasteiger partial charge on any atom is -0.444 e. The van der Waals surface area contributed by atoms with Crippen molar-refractivity contribution in [1.82, 2.24) is 14.8 Å². The van der Waals surface area contributed by atoms with E-state index in [1.54, 1.807) is 0 Å². The standard InChI is InChI=1S/C12H9ClF3N3O2/c1-19-6-7(4-18-19)10(12(14,15)16)21-11(20)8-2-3-17-5-9(8)13/h2-6,10H,1H3/t10-/m1/s1. The second-order valence-corrected chi connectivity index (χ2v) is 4.54. The van der Waals surface area contributed by atoms with Crippen LogP contribution in [-0.4, -0.2) is 26.9 Å². The van der Waals surface area contributed by atoms with Crippen molar-refractivity contribution in [3.05, 3.63) is 47.0 Å². The van der Waals surface area contributed by atoms with E-state index in [0.29, 0.717) is 0 Å². The molecule has 0 aromatic carbocycles. The van der Waals surface area contributed by atoms with Crippen LogP contribution in [0.5, 0.6) is 0 Å². The minimum atomic E-state index is -4.77. The van der Waals surface area contributed by atoms with Crippen LogP contribution in [0, 0.1) is 0 Å². The molecule has 2 heterocycles. The van der Waals surface area contributed by atoms with Gasteiger partial charge < -0.3 is 4.74 Å². The molecule has 0 bridgehead atoms. The van der Waals surface area contributed by atoms with Gasteiger partial charge in [-0.2, -0.15) is 18.3 Å². The number of aromatic nitrogens is 3. The molecule has 2 aromatic heterocycles. The van der Waals surface area contributed by atoms with E-state index in [-0.39, 0.29) is 16.1 Å². The van der Waals surface area contributed by atoms with E-state index in [1.165, 1.54) is 24.0 Å². The lowest BCUT2D eigenvalue weighted by atomic mass is 10.2. The van der Waals surface area contributed by atoms with Crippen molar-refractivity contribution in [2.24, 2.45) is 7.05 Å². The van der Waals surface area contributed by atoms with Gasteiger partial charge in [0.2, 0.25) is 6.10 Å². The molecule has 0 aliphatic heterocycles. The molecule has 0 aliphatic rings. The van der Waals surface area contributed by atoms with Crippen LogP contribution >= 0.6 is 11.6 Å². The number of pyridine rings is 1.